The summed E-state index contributed by atoms with van der Waals surface area (Å²) in [6.45, 7) is 1.57. The van der Waals surface area contributed by atoms with Gasteiger partial charge >= 0.3 is 0 Å². The summed E-state index contributed by atoms with van der Waals surface area (Å²) in [4.78, 5) is 16.6. The van der Waals surface area contributed by atoms with Gasteiger partial charge < -0.3 is 10.1 Å². The number of anilines is 1. The summed E-state index contributed by atoms with van der Waals surface area (Å²) in [5.41, 5.74) is 1.75. The van der Waals surface area contributed by atoms with Crippen molar-refractivity contribution in [1.29, 1.82) is 0 Å². The summed E-state index contributed by atoms with van der Waals surface area (Å²) in [6.07, 6.45) is 0. The number of hydrogen-bond acceptors (Lipinski definition) is 3. The molecule has 3 aromatic rings. The fraction of sp³-hybridized carbons (Fsp3) is 0.111. The Bertz CT molecular complexity index is 988. The summed E-state index contributed by atoms with van der Waals surface area (Å²) < 4.78 is 5.62. The van der Waals surface area contributed by atoms with Crippen molar-refractivity contribution in [3.8, 4) is 5.75 Å². The van der Waals surface area contributed by atoms with E-state index in [0.717, 1.165) is 5.69 Å². The molecule has 0 aliphatic heterocycles. The second-order valence-corrected chi connectivity index (χ2v) is 7.20. The lowest BCUT2D eigenvalue weighted by molar-refractivity contribution is -0.118. The van der Waals surface area contributed by atoms with Crippen molar-refractivity contribution in [1.82, 2.24) is 4.98 Å². The van der Waals surface area contributed by atoms with Crippen LogP contribution >= 0.6 is 46.4 Å². The maximum atomic E-state index is 12.2. The van der Waals surface area contributed by atoms with Crippen LogP contribution in [-0.4, -0.2) is 17.5 Å². The Labute approximate surface area is 170 Å². The Morgan fingerprint density at radius 1 is 1.04 bits per heavy atom. The predicted molar refractivity (Wildman–Crippen MR) is 107 cm³/mol. The minimum Gasteiger partial charge on any atom is -0.480 e. The Morgan fingerprint density at radius 2 is 1.73 bits per heavy atom. The first-order valence-electron chi connectivity index (χ1n) is 7.47. The predicted octanol–water partition coefficient (Wildman–Crippen LogP) is 6.17. The number of halogens is 4. The molecule has 0 unspecified atom stereocenters. The van der Waals surface area contributed by atoms with Gasteiger partial charge in [-0.1, -0.05) is 46.4 Å². The monoisotopic (exact) mass is 428 g/mol. The molecule has 1 heterocycles. The van der Waals surface area contributed by atoms with Gasteiger partial charge in [0.2, 0.25) is 0 Å². The first-order valence-corrected chi connectivity index (χ1v) is 8.99. The highest BCUT2D eigenvalue weighted by molar-refractivity contribution is 6.39. The van der Waals surface area contributed by atoms with Crippen molar-refractivity contribution in [2.75, 3.05) is 11.9 Å². The Hall–Kier alpha value is -1.72. The number of amides is 1. The number of carbonyl (C=O) groups is 1. The van der Waals surface area contributed by atoms with Gasteiger partial charge in [0.05, 0.1) is 10.0 Å². The first-order chi connectivity index (χ1) is 12.3. The molecule has 1 N–H and O–H groups in total. The Balaban J connectivity index is 1.81. The van der Waals surface area contributed by atoms with Gasteiger partial charge in [-0.2, -0.15) is 0 Å². The number of nitrogens with one attached hydrogen (secondary N) is 1. The number of fused-ring (bicyclic) bond motifs is 1. The van der Waals surface area contributed by atoms with Crippen LogP contribution < -0.4 is 10.1 Å². The number of ether oxygens (including phenoxy) is 1. The lowest BCUT2D eigenvalue weighted by Gasteiger charge is -2.12. The molecular formula is C18H12Cl4N2O2. The number of aromatic nitrogens is 1. The minimum absolute atomic E-state index is 0.268. The zero-order valence-electron chi connectivity index (χ0n) is 13.4. The summed E-state index contributed by atoms with van der Waals surface area (Å²) >= 11 is 24.3. The van der Waals surface area contributed by atoms with Crippen LogP contribution in [-0.2, 0) is 4.79 Å². The van der Waals surface area contributed by atoms with E-state index in [9.17, 15) is 4.79 Å². The van der Waals surface area contributed by atoms with E-state index in [-0.39, 0.29) is 11.6 Å². The van der Waals surface area contributed by atoms with E-state index in [1.54, 1.807) is 24.3 Å². The fourth-order valence-corrected chi connectivity index (χ4v) is 3.48. The van der Waals surface area contributed by atoms with Crippen LogP contribution in [0.3, 0.4) is 0 Å². The van der Waals surface area contributed by atoms with Gasteiger partial charge in [0.15, 0.2) is 12.4 Å². The van der Waals surface area contributed by atoms with Crippen molar-refractivity contribution in [2.45, 2.75) is 6.92 Å². The number of carbonyl (C=O) groups excluding carboxylic acids is 1. The molecule has 8 heteroatoms. The van der Waals surface area contributed by atoms with Crippen LogP contribution in [0.15, 0.2) is 36.4 Å². The summed E-state index contributed by atoms with van der Waals surface area (Å²) in [5.74, 6) is -0.0933. The van der Waals surface area contributed by atoms with E-state index < -0.39 is 5.91 Å². The van der Waals surface area contributed by atoms with Gasteiger partial charge in [0.1, 0.15) is 5.52 Å². The van der Waals surface area contributed by atoms with Gasteiger partial charge in [-0.05, 0) is 43.3 Å². The molecule has 0 bridgehead atoms. The Kier molecular flexibility index (Phi) is 5.78. The standard InChI is InChI=1S/C18H12Cl4N2O2/c1-9-2-3-13-14(21)7-15(22)18(17(13)23-9)26-8-16(25)24-12-5-10(19)4-11(20)6-12/h2-7H,8H2,1H3,(H,24,25). The number of nitrogens with zero attached hydrogens (tertiary/aromatic N) is 1. The Morgan fingerprint density at radius 3 is 2.42 bits per heavy atom. The molecule has 0 radical (unpaired) electrons. The van der Waals surface area contributed by atoms with E-state index in [1.807, 2.05) is 19.1 Å². The van der Waals surface area contributed by atoms with Gasteiger partial charge in [-0.15, -0.1) is 0 Å². The van der Waals surface area contributed by atoms with Crippen molar-refractivity contribution in [2.24, 2.45) is 0 Å². The van der Waals surface area contributed by atoms with Crippen LogP contribution in [0.2, 0.25) is 20.1 Å². The molecule has 2 aromatic carbocycles. The molecule has 3 rings (SSSR count). The average molecular weight is 430 g/mol. The zero-order chi connectivity index (χ0) is 18.8. The molecule has 0 fully saturated rings. The van der Waals surface area contributed by atoms with Gasteiger partial charge in [-0.25, -0.2) is 4.98 Å². The normalized spacial score (nSPS) is 10.8. The smallest absolute Gasteiger partial charge is 0.262 e. The highest BCUT2D eigenvalue weighted by atomic mass is 35.5. The molecule has 0 spiro atoms. The van der Waals surface area contributed by atoms with Crippen LogP contribution in [0.1, 0.15) is 5.69 Å². The van der Waals surface area contributed by atoms with Crippen LogP contribution in [0, 0.1) is 6.92 Å². The van der Waals surface area contributed by atoms with E-state index in [2.05, 4.69) is 10.3 Å². The second-order valence-electron chi connectivity index (χ2n) is 5.51. The van der Waals surface area contributed by atoms with E-state index in [0.29, 0.717) is 37.4 Å². The molecule has 0 aliphatic rings. The second kappa shape index (κ2) is 7.89. The van der Waals surface area contributed by atoms with E-state index in [4.69, 9.17) is 51.1 Å². The molecule has 0 atom stereocenters. The molecule has 26 heavy (non-hydrogen) atoms. The third-order valence-corrected chi connectivity index (χ3v) is 4.50. The van der Waals surface area contributed by atoms with Crippen molar-refractivity contribution >= 4 is 68.9 Å². The molecule has 134 valence electrons. The number of aryl methyl sites for hydroxylation is 1. The topological polar surface area (TPSA) is 51.2 Å². The largest absolute Gasteiger partial charge is 0.480 e. The molecule has 1 aromatic heterocycles. The summed E-state index contributed by atoms with van der Waals surface area (Å²) in [7, 11) is 0. The quantitative estimate of drug-likeness (QED) is 0.539. The van der Waals surface area contributed by atoms with Crippen molar-refractivity contribution in [3.05, 3.63) is 62.2 Å². The number of rotatable bonds is 4. The highest BCUT2D eigenvalue weighted by Crippen LogP contribution is 2.37. The van der Waals surface area contributed by atoms with Crippen molar-refractivity contribution in [3.63, 3.8) is 0 Å². The molecule has 0 saturated heterocycles. The molecular weight excluding hydrogens is 418 g/mol. The maximum absolute atomic E-state index is 12.2. The number of hydrogen-bond donors (Lipinski definition) is 1. The number of pyridine rings is 1. The van der Waals surface area contributed by atoms with E-state index in [1.165, 1.54) is 0 Å². The minimum atomic E-state index is -0.393. The number of benzene rings is 2. The van der Waals surface area contributed by atoms with Gasteiger partial charge in [0, 0.05) is 26.8 Å². The van der Waals surface area contributed by atoms with Crippen LogP contribution in [0.5, 0.6) is 5.75 Å². The summed E-state index contributed by atoms with van der Waals surface area (Å²) in [6, 6.07) is 9.97. The van der Waals surface area contributed by atoms with Crippen molar-refractivity contribution < 1.29 is 9.53 Å². The lowest BCUT2D eigenvalue weighted by Crippen LogP contribution is -2.20. The van der Waals surface area contributed by atoms with E-state index >= 15 is 0 Å². The SMILES string of the molecule is Cc1ccc2c(Cl)cc(Cl)c(OCC(=O)Nc3cc(Cl)cc(Cl)c3)c2n1. The third-order valence-electron chi connectivity index (χ3n) is 3.47. The van der Waals surface area contributed by atoms with Gasteiger partial charge in [0.25, 0.3) is 5.91 Å². The molecule has 1 amide bonds. The zero-order valence-corrected chi connectivity index (χ0v) is 16.5. The van der Waals surface area contributed by atoms with Gasteiger partial charge in [-0.3, -0.25) is 4.79 Å². The lowest BCUT2D eigenvalue weighted by atomic mass is 10.2. The molecule has 0 aliphatic carbocycles. The average Bonchev–Trinajstić information content (AvgIpc) is 2.53. The third kappa shape index (κ3) is 4.33. The van der Waals surface area contributed by atoms with Crippen LogP contribution in [0.4, 0.5) is 5.69 Å². The molecule has 0 saturated carbocycles. The maximum Gasteiger partial charge on any atom is 0.262 e. The van der Waals surface area contributed by atoms with Crippen LogP contribution in [0.25, 0.3) is 10.9 Å². The highest BCUT2D eigenvalue weighted by Gasteiger charge is 2.15. The summed E-state index contributed by atoms with van der Waals surface area (Å²) in [5, 5.41) is 4.93. The molecule has 4 nitrogen and oxygen atoms in total. The fourth-order valence-electron chi connectivity index (χ4n) is 2.39. The first kappa shape index (κ1) is 19.1.